The van der Waals surface area contributed by atoms with Gasteiger partial charge in [-0.3, -0.25) is 4.79 Å². The summed E-state index contributed by atoms with van der Waals surface area (Å²) in [6, 6.07) is 3.76. The van der Waals surface area contributed by atoms with Crippen molar-refractivity contribution >= 4 is 5.91 Å². The van der Waals surface area contributed by atoms with Crippen LogP contribution in [0.3, 0.4) is 0 Å². The van der Waals surface area contributed by atoms with Gasteiger partial charge in [-0.2, -0.15) is 0 Å². The van der Waals surface area contributed by atoms with E-state index in [2.05, 4.69) is 11.8 Å². The number of hydrogen-bond acceptors (Lipinski definition) is 3. The van der Waals surface area contributed by atoms with Crippen LogP contribution in [0.15, 0.2) is 18.2 Å². The first-order valence-corrected chi connectivity index (χ1v) is 6.62. The van der Waals surface area contributed by atoms with Crippen molar-refractivity contribution in [2.45, 2.75) is 25.9 Å². The number of benzene rings is 1. The van der Waals surface area contributed by atoms with Gasteiger partial charge < -0.3 is 15.1 Å². The van der Waals surface area contributed by atoms with Crippen molar-refractivity contribution in [3.05, 3.63) is 35.1 Å². The van der Waals surface area contributed by atoms with Crippen molar-refractivity contribution in [1.82, 2.24) is 4.90 Å². The second kappa shape index (κ2) is 7.21. The highest BCUT2D eigenvalue weighted by molar-refractivity contribution is 5.96. The highest BCUT2D eigenvalue weighted by Crippen LogP contribution is 2.14. The Morgan fingerprint density at radius 3 is 2.67 bits per heavy atom. The summed E-state index contributed by atoms with van der Waals surface area (Å²) in [5, 5.41) is 18.5. The van der Waals surface area contributed by atoms with Crippen LogP contribution in [0.4, 0.5) is 4.39 Å². The summed E-state index contributed by atoms with van der Waals surface area (Å²) in [4.78, 5) is 13.7. The smallest absolute Gasteiger partial charge is 0.254 e. The van der Waals surface area contributed by atoms with E-state index in [0.29, 0.717) is 0 Å². The average Bonchev–Trinajstić information content (AvgIpc) is 2.36. The molecule has 0 saturated heterocycles. The van der Waals surface area contributed by atoms with Gasteiger partial charge in [0.2, 0.25) is 0 Å². The molecule has 4 nitrogen and oxygen atoms in total. The summed E-state index contributed by atoms with van der Waals surface area (Å²) in [6.45, 7) is 3.25. The summed E-state index contributed by atoms with van der Waals surface area (Å²) in [5.74, 6) is 4.54. The molecule has 0 spiro atoms. The molecule has 0 heterocycles. The third-order valence-corrected chi connectivity index (χ3v) is 2.64. The van der Waals surface area contributed by atoms with Crippen LogP contribution >= 0.6 is 0 Å². The van der Waals surface area contributed by atoms with Crippen LogP contribution in [0, 0.1) is 17.7 Å². The zero-order chi connectivity index (χ0) is 16.0. The molecule has 1 aromatic rings. The van der Waals surface area contributed by atoms with E-state index in [0.717, 1.165) is 0 Å². The number of aliphatic hydroxyl groups excluding tert-OH is 1. The van der Waals surface area contributed by atoms with Crippen LogP contribution in [0.1, 0.15) is 36.2 Å². The number of likely N-dealkylation sites (N-methyl/N-ethyl adjacent to an activating group) is 1. The minimum absolute atomic E-state index is 0.0931. The van der Waals surface area contributed by atoms with E-state index in [9.17, 15) is 14.3 Å². The standard InChI is InChI=1S/C16H20FNO3/c1-16(2,21)11-18(3)15(20)14-8-7-13(17)10-12(14)6-4-5-9-19/h7-8,10,19,21H,5,9,11H2,1-3H3. The number of aliphatic hydroxyl groups is 2. The minimum atomic E-state index is -1.02. The van der Waals surface area contributed by atoms with Crippen molar-refractivity contribution in [3.63, 3.8) is 0 Å². The fraction of sp³-hybridized carbons (Fsp3) is 0.438. The highest BCUT2D eigenvalue weighted by atomic mass is 19.1. The molecule has 2 N–H and O–H groups in total. The molecule has 0 atom stereocenters. The van der Waals surface area contributed by atoms with Gasteiger partial charge in [0, 0.05) is 25.6 Å². The fourth-order valence-corrected chi connectivity index (χ4v) is 1.88. The van der Waals surface area contributed by atoms with Crippen LogP contribution in [-0.4, -0.2) is 46.8 Å². The first-order valence-electron chi connectivity index (χ1n) is 6.62. The van der Waals surface area contributed by atoms with Crippen molar-refractivity contribution in [2.75, 3.05) is 20.2 Å². The Bertz CT molecular complexity index is 567. The molecule has 0 radical (unpaired) electrons. The number of halogens is 1. The molecule has 0 bridgehead atoms. The third kappa shape index (κ3) is 5.54. The van der Waals surface area contributed by atoms with Crippen LogP contribution in [-0.2, 0) is 0 Å². The maximum absolute atomic E-state index is 13.3. The largest absolute Gasteiger partial charge is 0.395 e. The molecule has 0 unspecified atom stereocenters. The molecule has 1 aromatic carbocycles. The lowest BCUT2D eigenvalue weighted by molar-refractivity contribution is 0.0367. The minimum Gasteiger partial charge on any atom is -0.395 e. The van der Waals surface area contributed by atoms with Crippen molar-refractivity contribution in [3.8, 4) is 11.8 Å². The topological polar surface area (TPSA) is 60.8 Å². The molecule has 114 valence electrons. The molecule has 0 aliphatic heterocycles. The lowest BCUT2D eigenvalue weighted by Gasteiger charge is -2.26. The maximum Gasteiger partial charge on any atom is 0.254 e. The zero-order valence-corrected chi connectivity index (χ0v) is 12.5. The van der Waals surface area contributed by atoms with Gasteiger partial charge >= 0.3 is 0 Å². The van der Waals surface area contributed by atoms with Crippen molar-refractivity contribution in [1.29, 1.82) is 0 Å². The Hall–Kier alpha value is -1.90. The Kier molecular flexibility index (Phi) is 5.89. The monoisotopic (exact) mass is 293 g/mol. The summed E-state index contributed by atoms with van der Waals surface area (Å²) in [5.41, 5.74) is -0.475. The van der Waals surface area contributed by atoms with Gasteiger partial charge in [0.15, 0.2) is 0 Å². The summed E-state index contributed by atoms with van der Waals surface area (Å²) in [6.07, 6.45) is 0.254. The maximum atomic E-state index is 13.3. The Morgan fingerprint density at radius 1 is 1.43 bits per heavy atom. The van der Waals surface area contributed by atoms with Gasteiger partial charge in [0.1, 0.15) is 5.82 Å². The predicted molar refractivity (Wildman–Crippen MR) is 78.2 cm³/mol. The van der Waals surface area contributed by atoms with Gasteiger partial charge in [0.05, 0.1) is 17.8 Å². The molecule has 0 aromatic heterocycles. The summed E-state index contributed by atoms with van der Waals surface area (Å²) in [7, 11) is 1.56. The second-order valence-electron chi connectivity index (χ2n) is 5.44. The molecule has 0 aliphatic carbocycles. The molecule has 21 heavy (non-hydrogen) atoms. The van der Waals surface area contributed by atoms with Crippen LogP contribution in [0.25, 0.3) is 0 Å². The summed E-state index contributed by atoms with van der Waals surface area (Å²) < 4.78 is 13.3. The second-order valence-corrected chi connectivity index (χ2v) is 5.44. The lowest BCUT2D eigenvalue weighted by Crippen LogP contribution is -2.39. The number of hydrogen-bond donors (Lipinski definition) is 2. The SMILES string of the molecule is CN(CC(C)(C)O)C(=O)c1ccc(F)cc1C#CCCO. The van der Waals surface area contributed by atoms with Gasteiger partial charge in [-0.05, 0) is 32.0 Å². The zero-order valence-electron chi connectivity index (χ0n) is 12.5. The summed E-state index contributed by atoms with van der Waals surface area (Å²) >= 11 is 0. The molecular weight excluding hydrogens is 273 g/mol. The van der Waals surface area contributed by atoms with E-state index in [4.69, 9.17) is 5.11 Å². The van der Waals surface area contributed by atoms with Gasteiger partial charge in [0.25, 0.3) is 5.91 Å². The Balaban J connectivity index is 3.07. The Labute approximate surface area is 124 Å². The fourth-order valence-electron chi connectivity index (χ4n) is 1.88. The highest BCUT2D eigenvalue weighted by Gasteiger charge is 2.22. The van der Waals surface area contributed by atoms with Crippen LogP contribution in [0.5, 0.6) is 0 Å². The quantitative estimate of drug-likeness (QED) is 0.825. The third-order valence-electron chi connectivity index (χ3n) is 2.64. The molecule has 0 saturated carbocycles. The average molecular weight is 293 g/mol. The number of carbonyl (C=O) groups is 1. The van der Waals surface area contributed by atoms with Crippen LogP contribution < -0.4 is 0 Å². The molecule has 0 aliphatic rings. The first-order chi connectivity index (χ1) is 9.74. The normalized spacial score (nSPS) is 10.8. The number of carbonyl (C=O) groups excluding carboxylic acids is 1. The van der Waals surface area contributed by atoms with E-state index in [1.807, 2.05) is 0 Å². The number of amides is 1. The van der Waals surface area contributed by atoms with Gasteiger partial charge in [-0.15, -0.1) is 0 Å². The molecule has 0 fully saturated rings. The van der Waals surface area contributed by atoms with Gasteiger partial charge in [-0.1, -0.05) is 11.8 Å². The molecule has 5 heteroatoms. The van der Waals surface area contributed by atoms with E-state index in [1.54, 1.807) is 20.9 Å². The predicted octanol–water partition coefficient (Wildman–Crippen LogP) is 1.40. The van der Waals surface area contributed by atoms with Crippen molar-refractivity contribution in [2.24, 2.45) is 0 Å². The van der Waals surface area contributed by atoms with E-state index in [1.165, 1.54) is 23.1 Å². The molecular formula is C16H20FNO3. The molecule has 1 rings (SSSR count). The number of rotatable bonds is 4. The van der Waals surface area contributed by atoms with E-state index >= 15 is 0 Å². The Morgan fingerprint density at radius 2 is 2.10 bits per heavy atom. The number of nitrogens with zero attached hydrogens (tertiary/aromatic N) is 1. The molecule has 1 amide bonds. The van der Waals surface area contributed by atoms with Gasteiger partial charge in [-0.25, -0.2) is 4.39 Å². The van der Waals surface area contributed by atoms with E-state index in [-0.39, 0.29) is 36.6 Å². The lowest BCUT2D eigenvalue weighted by atomic mass is 10.0. The van der Waals surface area contributed by atoms with E-state index < -0.39 is 11.4 Å². The van der Waals surface area contributed by atoms with Crippen molar-refractivity contribution < 1.29 is 19.4 Å². The van der Waals surface area contributed by atoms with Crippen LogP contribution in [0.2, 0.25) is 0 Å². The first kappa shape index (κ1) is 17.2.